The Morgan fingerprint density at radius 2 is 1.95 bits per heavy atom. The molecule has 5 heteroatoms. The summed E-state index contributed by atoms with van der Waals surface area (Å²) in [5, 5.41) is 4.63. The highest BCUT2D eigenvalue weighted by atomic mass is 35.5. The Morgan fingerprint density at radius 3 is 2.63 bits per heavy atom. The molecule has 0 aromatic heterocycles. The van der Waals surface area contributed by atoms with E-state index in [0.717, 1.165) is 18.7 Å². The number of rotatable bonds is 4. The molecular weight excluding hydrogens is 262 g/mol. The van der Waals surface area contributed by atoms with Crippen molar-refractivity contribution >= 4 is 23.7 Å². The summed E-state index contributed by atoms with van der Waals surface area (Å²) >= 11 is 5.78. The molecule has 2 rings (SSSR count). The average Bonchev–Trinajstić information content (AvgIpc) is 2.42. The van der Waals surface area contributed by atoms with Gasteiger partial charge in [0.2, 0.25) is 0 Å². The lowest BCUT2D eigenvalue weighted by Crippen LogP contribution is -2.38. The first kappa shape index (κ1) is 14.0. The fourth-order valence-electron chi connectivity index (χ4n) is 2.08. The highest BCUT2D eigenvalue weighted by Crippen LogP contribution is 2.08. The number of nitrogens with zero attached hydrogens (tertiary/aromatic N) is 2. The molecule has 1 aromatic carbocycles. The quantitative estimate of drug-likeness (QED) is 0.679. The fraction of sp³-hybridized carbons (Fsp3) is 0.429. The first-order valence-corrected chi connectivity index (χ1v) is 6.92. The third kappa shape index (κ3) is 5.01. The van der Waals surface area contributed by atoms with Crippen molar-refractivity contribution in [2.45, 2.75) is 19.3 Å². The van der Waals surface area contributed by atoms with Gasteiger partial charge in [-0.2, -0.15) is 5.10 Å². The van der Waals surface area contributed by atoms with Crippen LogP contribution in [0.5, 0.6) is 0 Å². The zero-order chi connectivity index (χ0) is 13.5. The van der Waals surface area contributed by atoms with E-state index in [9.17, 15) is 4.79 Å². The summed E-state index contributed by atoms with van der Waals surface area (Å²) in [4.78, 5) is 13.8. The number of carbonyl (C=O) groups is 1. The smallest absolute Gasteiger partial charge is 0.254 e. The van der Waals surface area contributed by atoms with Crippen LogP contribution in [0, 0.1) is 0 Å². The van der Waals surface area contributed by atoms with E-state index >= 15 is 0 Å². The minimum absolute atomic E-state index is 0.0629. The predicted molar refractivity (Wildman–Crippen MR) is 77.5 cm³/mol. The molecule has 1 saturated heterocycles. The topological polar surface area (TPSA) is 44.7 Å². The van der Waals surface area contributed by atoms with E-state index in [-0.39, 0.29) is 5.91 Å². The molecule has 0 spiro atoms. The second-order valence-electron chi connectivity index (χ2n) is 4.68. The van der Waals surface area contributed by atoms with E-state index in [1.54, 1.807) is 18.3 Å². The molecule has 1 aliphatic heterocycles. The van der Waals surface area contributed by atoms with Gasteiger partial charge in [0, 0.05) is 5.02 Å². The molecule has 1 heterocycles. The van der Waals surface area contributed by atoms with E-state index in [2.05, 4.69) is 15.4 Å². The van der Waals surface area contributed by atoms with Gasteiger partial charge in [-0.25, -0.2) is 5.43 Å². The molecule has 0 atom stereocenters. The normalized spacial score (nSPS) is 16.7. The van der Waals surface area contributed by atoms with E-state index in [1.807, 2.05) is 12.1 Å². The van der Waals surface area contributed by atoms with E-state index in [0.29, 0.717) is 11.6 Å². The van der Waals surface area contributed by atoms with Gasteiger partial charge in [-0.3, -0.25) is 9.69 Å². The van der Waals surface area contributed by atoms with Crippen LogP contribution in [0.15, 0.2) is 29.4 Å². The van der Waals surface area contributed by atoms with Crippen LogP contribution in [-0.2, 0) is 4.79 Å². The second-order valence-corrected chi connectivity index (χ2v) is 5.12. The van der Waals surface area contributed by atoms with Gasteiger partial charge in [0.25, 0.3) is 5.91 Å². The number of nitrogens with one attached hydrogen (secondary N) is 1. The number of hydrogen-bond acceptors (Lipinski definition) is 3. The zero-order valence-electron chi connectivity index (χ0n) is 10.8. The van der Waals surface area contributed by atoms with Gasteiger partial charge in [-0.15, -0.1) is 0 Å². The summed E-state index contributed by atoms with van der Waals surface area (Å²) < 4.78 is 0. The summed E-state index contributed by atoms with van der Waals surface area (Å²) in [6.07, 6.45) is 5.25. The Kier molecular flexibility index (Phi) is 5.36. The molecule has 102 valence electrons. The molecule has 0 radical (unpaired) electrons. The molecular formula is C14H18ClN3O. The van der Waals surface area contributed by atoms with Crippen molar-refractivity contribution in [1.29, 1.82) is 0 Å². The first-order valence-electron chi connectivity index (χ1n) is 6.54. The van der Waals surface area contributed by atoms with E-state index < -0.39 is 0 Å². The van der Waals surface area contributed by atoms with Crippen molar-refractivity contribution in [1.82, 2.24) is 10.3 Å². The Bertz CT molecular complexity index is 439. The Hall–Kier alpha value is -1.39. The standard InChI is InChI=1S/C14H18ClN3O/c15-13-6-4-12(5-7-13)10-16-17-14(19)11-18-8-2-1-3-9-18/h4-7,10H,1-3,8-9,11H2,(H,17,19)/b16-10+. The van der Waals surface area contributed by atoms with Gasteiger partial charge in [-0.05, 0) is 43.6 Å². The van der Waals surface area contributed by atoms with Crippen molar-refractivity contribution < 1.29 is 4.79 Å². The number of likely N-dealkylation sites (tertiary alicyclic amines) is 1. The average molecular weight is 280 g/mol. The Labute approximate surface area is 118 Å². The molecule has 0 saturated carbocycles. The monoisotopic (exact) mass is 279 g/mol. The molecule has 0 bridgehead atoms. The minimum atomic E-state index is -0.0629. The van der Waals surface area contributed by atoms with Crippen LogP contribution in [0.4, 0.5) is 0 Å². The van der Waals surface area contributed by atoms with Gasteiger partial charge in [0.15, 0.2) is 0 Å². The molecule has 1 N–H and O–H groups in total. The molecule has 1 amide bonds. The van der Waals surface area contributed by atoms with Crippen molar-refractivity contribution in [2.24, 2.45) is 5.10 Å². The van der Waals surface area contributed by atoms with Crippen molar-refractivity contribution in [3.8, 4) is 0 Å². The lowest BCUT2D eigenvalue weighted by Gasteiger charge is -2.25. The minimum Gasteiger partial charge on any atom is -0.294 e. The lowest BCUT2D eigenvalue weighted by atomic mass is 10.1. The lowest BCUT2D eigenvalue weighted by molar-refractivity contribution is -0.122. The van der Waals surface area contributed by atoms with Crippen LogP contribution in [0.2, 0.25) is 5.02 Å². The van der Waals surface area contributed by atoms with Crippen molar-refractivity contribution in [3.63, 3.8) is 0 Å². The number of hydrazone groups is 1. The van der Waals surface area contributed by atoms with Gasteiger partial charge < -0.3 is 0 Å². The second kappa shape index (κ2) is 7.26. The maximum Gasteiger partial charge on any atom is 0.254 e. The summed E-state index contributed by atoms with van der Waals surface area (Å²) in [6.45, 7) is 2.45. The van der Waals surface area contributed by atoms with Crippen LogP contribution >= 0.6 is 11.6 Å². The molecule has 4 nitrogen and oxygen atoms in total. The van der Waals surface area contributed by atoms with Gasteiger partial charge in [0.05, 0.1) is 12.8 Å². The largest absolute Gasteiger partial charge is 0.294 e. The van der Waals surface area contributed by atoms with Gasteiger partial charge in [-0.1, -0.05) is 30.2 Å². The van der Waals surface area contributed by atoms with Crippen molar-refractivity contribution in [2.75, 3.05) is 19.6 Å². The molecule has 1 aromatic rings. The maximum atomic E-state index is 11.7. The summed E-state index contributed by atoms with van der Waals surface area (Å²) in [6, 6.07) is 7.28. The van der Waals surface area contributed by atoms with Crippen LogP contribution in [0.3, 0.4) is 0 Å². The van der Waals surface area contributed by atoms with E-state index in [4.69, 9.17) is 11.6 Å². The van der Waals surface area contributed by atoms with Crippen LogP contribution in [0.25, 0.3) is 0 Å². The Balaban J connectivity index is 1.74. The summed E-state index contributed by atoms with van der Waals surface area (Å²) in [7, 11) is 0. The first-order chi connectivity index (χ1) is 9.24. The number of piperidine rings is 1. The molecule has 1 fully saturated rings. The Morgan fingerprint density at radius 1 is 1.26 bits per heavy atom. The van der Waals surface area contributed by atoms with Crippen LogP contribution < -0.4 is 5.43 Å². The van der Waals surface area contributed by atoms with Gasteiger partial charge >= 0.3 is 0 Å². The molecule has 0 aliphatic carbocycles. The highest BCUT2D eigenvalue weighted by Gasteiger charge is 2.12. The predicted octanol–water partition coefficient (Wildman–Crippen LogP) is 2.28. The maximum absolute atomic E-state index is 11.7. The molecule has 1 aliphatic rings. The van der Waals surface area contributed by atoms with Crippen LogP contribution in [0.1, 0.15) is 24.8 Å². The molecule has 0 unspecified atom stereocenters. The van der Waals surface area contributed by atoms with E-state index in [1.165, 1.54) is 19.3 Å². The summed E-state index contributed by atoms with van der Waals surface area (Å²) in [5.41, 5.74) is 3.45. The SMILES string of the molecule is O=C(CN1CCCCC1)N/N=C/c1ccc(Cl)cc1. The number of hydrogen-bond donors (Lipinski definition) is 1. The third-order valence-electron chi connectivity index (χ3n) is 3.09. The molecule has 19 heavy (non-hydrogen) atoms. The summed E-state index contributed by atoms with van der Waals surface area (Å²) in [5.74, 6) is -0.0629. The fourth-order valence-corrected chi connectivity index (χ4v) is 2.21. The number of amides is 1. The number of benzene rings is 1. The highest BCUT2D eigenvalue weighted by molar-refractivity contribution is 6.30. The van der Waals surface area contributed by atoms with Crippen molar-refractivity contribution in [3.05, 3.63) is 34.9 Å². The van der Waals surface area contributed by atoms with Crippen LogP contribution in [-0.4, -0.2) is 36.7 Å². The van der Waals surface area contributed by atoms with Gasteiger partial charge in [0.1, 0.15) is 0 Å². The third-order valence-corrected chi connectivity index (χ3v) is 3.34. The number of halogens is 1. The number of carbonyl (C=O) groups excluding carboxylic acids is 1. The zero-order valence-corrected chi connectivity index (χ0v) is 11.6.